The van der Waals surface area contributed by atoms with Crippen LogP contribution in [-0.2, 0) is 0 Å². The monoisotopic (exact) mass is 169 g/mol. The maximum absolute atomic E-state index is 3.54. The van der Waals surface area contributed by atoms with Crippen LogP contribution in [0.15, 0.2) is 0 Å². The van der Waals surface area contributed by atoms with Crippen LogP contribution in [0.3, 0.4) is 0 Å². The van der Waals surface area contributed by atoms with E-state index < -0.39 is 0 Å². The zero-order valence-corrected chi connectivity index (χ0v) is 8.60. The Morgan fingerprint density at radius 1 is 1.17 bits per heavy atom. The van der Waals surface area contributed by atoms with Crippen LogP contribution in [-0.4, -0.2) is 13.1 Å². The summed E-state index contributed by atoms with van der Waals surface area (Å²) >= 11 is 0. The molecule has 2 unspecified atom stereocenters. The minimum atomic E-state index is 0.988. The molecule has 0 aromatic carbocycles. The first-order valence-corrected chi connectivity index (χ1v) is 5.59. The van der Waals surface area contributed by atoms with Gasteiger partial charge in [0.15, 0.2) is 0 Å². The zero-order chi connectivity index (χ0) is 8.81. The average molecular weight is 169 g/mol. The van der Waals surface area contributed by atoms with Gasteiger partial charge in [-0.2, -0.15) is 0 Å². The van der Waals surface area contributed by atoms with Crippen LogP contribution in [0.2, 0.25) is 0 Å². The number of nitrogens with one attached hydrogen (secondary N) is 1. The van der Waals surface area contributed by atoms with E-state index >= 15 is 0 Å². The fourth-order valence-corrected chi connectivity index (χ4v) is 2.38. The van der Waals surface area contributed by atoms with Crippen LogP contribution in [0.25, 0.3) is 0 Å². The molecular weight excluding hydrogens is 146 g/mol. The van der Waals surface area contributed by atoms with E-state index in [0.717, 1.165) is 11.8 Å². The van der Waals surface area contributed by atoms with Crippen molar-refractivity contribution in [3.05, 3.63) is 0 Å². The summed E-state index contributed by atoms with van der Waals surface area (Å²) in [4.78, 5) is 0. The average Bonchev–Trinajstić information content (AvgIpc) is 2.52. The lowest BCUT2D eigenvalue weighted by Gasteiger charge is -2.18. The standard InChI is InChI=1S/C11H23N/c1-3-8-12-9-11-7-5-6-10(11)4-2/h10-12H,3-9H2,1-2H3. The molecule has 12 heavy (non-hydrogen) atoms. The second-order valence-corrected chi connectivity index (χ2v) is 4.06. The molecule has 1 aliphatic rings. The summed E-state index contributed by atoms with van der Waals surface area (Å²) in [5.74, 6) is 2.01. The lowest BCUT2D eigenvalue weighted by Crippen LogP contribution is -2.25. The van der Waals surface area contributed by atoms with Crippen molar-refractivity contribution in [2.45, 2.75) is 46.0 Å². The summed E-state index contributed by atoms with van der Waals surface area (Å²) < 4.78 is 0. The Morgan fingerprint density at radius 3 is 2.58 bits per heavy atom. The van der Waals surface area contributed by atoms with E-state index in [1.807, 2.05) is 0 Å². The molecule has 1 rings (SSSR count). The van der Waals surface area contributed by atoms with E-state index in [1.54, 1.807) is 0 Å². The van der Waals surface area contributed by atoms with Crippen molar-refractivity contribution in [1.82, 2.24) is 5.32 Å². The first kappa shape index (κ1) is 10.0. The van der Waals surface area contributed by atoms with Crippen molar-refractivity contribution in [1.29, 1.82) is 0 Å². The van der Waals surface area contributed by atoms with Gasteiger partial charge in [0, 0.05) is 0 Å². The van der Waals surface area contributed by atoms with Gasteiger partial charge in [-0.25, -0.2) is 0 Å². The maximum atomic E-state index is 3.54. The molecule has 1 nitrogen and oxygen atoms in total. The first-order valence-electron chi connectivity index (χ1n) is 5.59. The fourth-order valence-electron chi connectivity index (χ4n) is 2.38. The Balaban J connectivity index is 2.12. The van der Waals surface area contributed by atoms with Gasteiger partial charge in [0.1, 0.15) is 0 Å². The second kappa shape index (κ2) is 5.58. The molecule has 0 bridgehead atoms. The van der Waals surface area contributed by atoms with Gasteiger partial charge < -0.3 is 5.32 Å². The highest BCUT2D eigenvalue weighted by Gasteiger charge is 2.24. The molecule has 0 aromatic rings. The normalized spacial score (nSPS) is 29.5. The molecule has 0 spiro atoms. The van der Waals surface area contributed by atoms with Gasteiger partial charge in [-0.1, -0.05) is 33.1 Å². The molecule has 2 atom stereocenters. The van der Waals surface area contributed by atoms with Crippen LogP contribution in [0.1, 0.15) is 46.0 Å². The Morgan fingerprint density at radius 2 is 1.92 bits per heavy atom. The largest absolute Gasteiger partial charge is 0.316 e. The van der Waals surface area contributed by atoms with E-state index in [2.05, 4.69) is 19.2 Å². The van der Waals surface area contributed by atoms with E-state index in [9.17, 15) is 0 Å². The third kappa shape index (κ3) is 2.78. The molecule has 1 aliphatic carbocycles. The lowest BCUT2D eigenvalue weighted by molar-refractivity contribution is 0.358. The fraction of sp³-hybridized carbons (Fsp3) is 1.00. The Labute approximate surface area is 76.9 Å². The lowest BCUT2D eigenvalue weighted by atomic mass is 9.94. The van der Waals surface area contributed by atoms with E-state index in [4.69, 9.17) is 0 Å². The highest BCUT2D eigenvalue weighted by molar-refractivity contribution is 4.77. The van der Waals surface area contributed by atoms with E-state index in [1.165, 1.54) is 45.2 Å². The quantitative estimate of drug-likeness (QED) is 0.624. The summed E-state index contributed by atoms with van der Waals surface area (Å²) in [5.41, 5.74) is 0. The minimum absolute atomic E-state index is 0.988. The molecule has 1 saturated carbocycles. The Bertz CT molecular complexity index is 112. The summed E-state index contributed by atoms with van der Waals surface area (Å²) in [7, 11) is 0. The highest BCUT2D eigenvalue weighted by atomic mass is 14.9. The molecule has 1 heteroatoms. The molecule has 0 amide bonds. The third-order valence-electron chi connectivity index (χ3n) is 3.17. The molecule has 0 saturated heterocycles. The van der Waals surface area contributed by atoms with Gasteiger partial charge in [0.25, 0.3) is 0 Å². The molecule has 72 valence electrons. The highest BCUT2D eigenvalue weighted by Crippen LogP contribution is 2.33. The van der Waals surface area contributed by atoms with Crippen LogP contribution >= 0.6 is 0 Å². The van der Waals surface area contributed by atoms with Crippen molar-refractivity contribution in [2.75, 3.05) is 13.1 Å². The minimum Gasteiger partial charge on any atom is -0.316 e. The van der Waals surface area contributed by atoms with Gasteiger partial charge in [-0.05, 0) is 37.8 Å². The predicted molar refractivity (Wildman–Crippen MR) is 54.3 cm³/mol. The SMILES string of the molecule is CCCNCC1CCCC1CC. The van der Waals surface area contributed by atoms with E-state index in [-0.39, 0.29) is 0 Å². The van der Waals surface area contributed by atoms with Gasteiger partial charge >= 0.3 is 0 Å². The first-order chi connectivity index (χ1) is 5.88. The summed E-state index contributed by atoms with van der Waals surface area (Å²) in [6.45, 7) is 7.04. The zero-order valence-electron chi connectivity index (χ0n) is 8.60. The van der Waals surface area contributed by atoms with Crippen molar-refractivity contribution in [2.24, 2.45) is 11.8 Å². The van der Waals surface area contributed by atoms with Crippen molar-refractivity contribution in [3.63, 3.8) is 0 Å². The predicted octanol–water partition coefficient (Wildman–Crippen LogP) is 2.81. The van der Waals surface area contributed by atoms with Crippen molar-refractivity contribution in [3.8, 4) is 0 Å². The van der Waals surface area contributed by atoms with Gasteiger partial charge in [-0.15, -0.1) is 0 Å². The van der Waals surface area contributed by atoms with Crippen LogP contribution in [0, 0.1) is 11.8 Å². The van der Waals surface area contributed by atoms with E-state index in [0.29, 0.717) is 0 Å². The molecule has 1 N–H and O–H groups in total. The number of hydrogen-bond acceptors (Lipinski definition) is 1. The molecule has 1 fully saturated rings. The summed E-state index contributed by atoms with van der Waals surface area (Å²) in [5, 5.41) is 3.54. The van der Waals surface area contributed by atoms with Crippen LogP contribution in [0.4, 0.5) is 0 Å². The second-order valence-electron chi connectivity index (χ2n) is 4.06. The van der Waals surface area contributed by atoms with Crippen molar-refractivity contribution >= 4 is 0 Å². The Hall–Kier alpha value is -0.0400. The third-order valence-corrected chi connectivity index (χ3v) is 3.17. The topological polar surface area (TPSA) is 12.0 Å². The molecular formula is C11H23N. The van der Waals surface area contributed by atoms with Gasteiger partial charge in [0.05, 0.1) is 0 Å². The van der Waals surface area contributed by atoms with Gasteiger partial charge in [0.2, 0.25) is 0 Å². The van der Waals surface area contributed by atoms with Gasteiger partial charge in [-0.3, -0.25) is 0 Å². The molecule has 0 aromatic heterocycles. The van der Waals surface area contributed by atoms with Crippen LogP contribution < -0.4 is 5.32 Å². The number of hydrogen-bond donors (Lipinski definition) is 1. The maximum Gasteiger partial charge on any atom is -0.00179 e. The molecule has 0 heterocycles. The number of rotatable bonds is 5. The molecule has 0 aliphatic heterocycles. The smallest absolute Gasteiger partial charge is 0.00179 e. The Kier molecular flexibility index (Phi) is 4.67. The summed E-state index contributed by atoms with van der Waals surface area (Å²) in [6, 6.07) is 0. The van der Waals surface area contributed by atoms with Crippen LogP contribution in [0.5, 0.6) is 0 Å². The molecule has 0 radical (unpaired) electrons. The van der Waals surface area contributed by atoms with Crippen molar-refractivity contribution < 1.29 is 0 Å². The summed E-state index contributed by atoms with van der Waals surface area (Å²) in [6.07, 6.45) is 7.07.